The van der Waals surface area contributed by atoms with Crippen LogP contribution in [-0.2, 0) is 28.8 Å². The molecule has 0 amide bonds. The summed E-state index contributed by atoms with van der Waals surface area (Å²) >= 11 is 0. The summed E-state index contributed by atoms with van der Waals surface area (Å²) in [5.41, 5.74) is 3.54. The minimum atomic E-state index is -0.294. The first kappa shape index (κ1) is 55.8. The number of hydroxylamine groups is 1. The van der Waals surface area contributed by atoms with E-state index in [4.69, 9.17) is 39.3 Å². The van der Waals surface area contributed by atoms with E-state index in [1.807, 2.05) is 27.2 Å². The molecule has 13 heteroatoms. The number of hydrogen-bond donors (Lipinski definition) is 6. The van der Waals surface area contributed by atoms with E-state index < -0.39 is 0 Å². The monoisotopic (exact) mass is 667 g/mol. The standard InChI is InChI=1S/C17H36N2O4.C12H25NO2.4CH2O/c1-5-6-10-19-23-15(22)13-14(8-12-21)16(17(2,3)4)18-9-7-11-20;1-10(6-8-14)13(12(3,4)5)11(2)7-9-15;4*1-2/h14,16,18-21H,5-13H2,1-4H3;11,14-15H,1,6-9H2,2-5H3;4*1H2. The van der Waals surface area contributed by atoms with E-state index in [1.165, 1.54) is 0 Å². The number of rotatable bonds is 19. The molecule has 0 fully saturated rings. The predicted octanol–water partition coefficient (Wildman–Crippen LogP) is 2.62. The number of carbonyl (C=O) groups is 5. The van der Waals surface area contributed by atoms with Crippen molar-refractivity contribution in [2.24, 2.45) is 11.3 Å². The molecule has 0 spiro atoms. The van der Waals surface area contributed by atoms with Gasteiger partial charge in [0.2, 0.25) is 0 Å². The van der Waals surface area contributed by atoms with Gasteiger partial charge < -0.3 is 54.7 Å². The number of nitrogens with one attached hydrogen (secondary N) is 2. The lowest BCUT2D eigenvalue weighted by atomic mass is 9.76. The van der Waals surface area contributed by atoms with Crippen molar-refractivity contribution in [2.45, 2.75) is 118 Å². The molecule has 46 heavy (non-hydrogen) atoms. The highest BCUT2D eigenvalue weighted by atomic mass is 16.7. The number of unbranched alkanes of at least 4 members (excludes halogenated alkanes) is 1. The number of hydrogen-bond acceptors (Lipinski definition) is 13. The maximum atomic E-state index is 12.0. The molecule has 0 bridgehead atoms. The van der Waals surface area contributed by atoms with Crippen LogP contribution in [0.5, 0.6) is 0 Å². The van der Waals surface area contributed by atoms with Crippen LogP contribution in [0.25, 0.3) is 0 Å². The third kappa shape index (κ3) is 32.8. The summed E-state index contributed by atoms with van der Waals surface area (Å²) in [5, 5.41) is 39.6. The average Bonchev–Trinajstić information content (AvgIpc) is 3.01. The largest absolute Gasteiger partial charge is 0.396 e. The van der Waals surface area contributed by atoms with E-state index in [-0.39, 0.29) is 67.8 Å². The van der Waals surface area contributed by atoms with E-state index >= 15 is 0 Å². The van der Waals surface area contributed by atoms with E-state index in [9.17, 15) is 9.90 Å². The van der Waals surface area contributed by atoms with Crippen molar-refractivity contribution < 1.29 is 49.2 Å². The van der Waals surface area contributed by atoms with E-state index in [1.54, 1.807) is 0 Å². The summed E-state index contributed by atoms with van der Waals surface area (Å²) in [6.07, 6.45) is 4.78. The van der Waals surface area contributed by atoms with E-state index in [0.29, 0.717) is 32.4 Å². The summed E-state index contributed by atoms with van der Waals surface area (Å²) in [5.74, 6) is -0.308. The molecule has 0 rings (SSSR count). The summed E-state index contributed by atoms with van der Waals surface area (Å²) in [6.45, 7) is 30.6. The first-order valence-corrected chi connectivity index (χ1v) is 15.4. The highest BCUT2D eigenvalue weighted by Crippen LogP contribution is 2.29. The van der Waals surface area contributed by atoms with Crippen LogP contribution in [0, 0.1) is 11.3 Å². The maximum absolute atomic E-state index is 12.0. The molecule has 0 heterocycles. The first-order chi connectivity index (χ1) is 21.7. The van der Waals surface area contributed by atoms with Gasteiger partial charge in [-0.15, -0.1) is 0 Å². The van der Waals surface area contributed by atoms with Gasteiger partial charge in [-0.1, -0.05) is 40.7 Å². The Bertz CT molecular complexity index is 665. The fourth-order valence-electron chi connectivity index (χ4n) is 4.72. The molecule has 0 aliphatic rings. The van der Waals surface area contributed by atoms with Crippen LogP contribution in [0.2, 0.25) is 0 Å². The lowest BCUT2D eigenvalue weighted by Crippen LogP contribution is -2.47. The zero-order chi connectivity index (χ0) is 37.8. The second kappa shape index (κ2) is 38.6. The lowest BCUT2D eigenvalue weighted by molar-refractivity contribution is -0.153. The normalized spacial score (nSPS) is 12.1. The Kier molecular flexibility index (Phi) is 46.9. The van der Waals surface area contributed by atoms with E-state index in [0.717, 1.165) is 25.0 Å². The Hall–Kier alpha value is -2.55. The van der Waals surface area contributed by atoms with Crippen molar-refractivity contribution in [3.05, 3.63) is 12.3 Å². The van der Waals surface area contributed by atoms with Crippen molar-refractivity contribution in [2.75, 3.05) is 39.5 Å². The maximum Gasteiger partial charge on any atom is 0.325 e. The fraction of sp³-hybridized carbons (Fsp3) is 0.788. The molecular formula is C33H69N3O10. The first-order valence-electron chi connectivity index (χ1n) is 15.4. The topological polar surface area (TPSA) is 203 Å². The Balaban J connectivity index is -0.000000150. The van der Waals surface area contributed by atoms with Gasteiger partial charge in [-0.25, -0.2) is 0 Å². The molecule has 0 aromatic carbocycles. The minimum absolute atomic E-state index is 0.0147. The van der Waals surface area contributed by atoms with Crippen LogP contribution < -0.4 is 10.8 Å². The second-order valence-corrected chi connectivity index (χ2v) is 12.0. The van der Waals surface area contributed by atoms with Gasteiger partial charge in [-0.3, -0.25) is 4.79 Å². The van der Waals surface area contributed by atoms with Crippen LogP contribution in [-0.4, -0.2) is 116 Å². The van der Waals surface area contributed by atoms with Gasteiger partial charge in [0.15, 0.2) is 0 Å². The third-order valence-electron chi connectivity index (χ3n) is 6.30. The molecule has 3 unspecified atom stereocenters. The molecule has 0 aromatic heterocycles. The number of aliphatic hydroxyl groups excluding tert-OH is 4. The zero-order valence-corrected chi connectivity index (χ0v) is 30.1. The van der Waals surface area contributed by atoms with Crippen LogP contribution in [0.3, 0.4) is 0 Å². The van der Waals surface area contributed by atoms with E-state index in [2.05, 4.69) is 77.7 Å². The molecule has 0 aliphatic heterocycles. The summed E-state index contributed by atoms with van der Waals surface area (Å²) in [4.78, 5) is 51.3. The van der Waals surface area contributed by atoms with Crippen LogP contribution in [0.4, 0.5) is 0 Å². The molecule has 0 radical (unpaired) electrons. The number of aliphatic hydroxyl groups is 4. The zero-order valence-electron chi connectivity index (χ0n) is 30.1. The van der Waals surface area contributed by atoms with Gasteiger partial charge in [-0.2, -0.15) is 5.48 Å². The molecule has 13 nitrogen and oxygen atoms in total. The molecule has 0 aliphatic carbocycles. The third-order valence-corrected chi connectivity index (χ3v) is 6.30. The Labute approximate surface area is 279 Å². The van der Waals surface area contributed by atoms with Crippen molar-refractivity contribution >= 4 is 33.1 Å². The highest BCUT2D eigenvalue weighted by Gasteiger charge is 2.33. The van der Waals surface area contributed by atoms with Crippen LogP contribution in [0.1, 0.15) is 100 Å². The number of carbonyl (C=O) groups excluding carboxylic acids is 5. The number of nitrogens with zero attached hydrogens (tertiary/aromatic N) is 1. The summed E-state index contributed by atoms with van der Waals surface area (Å²) < 4.78 is 0. The summed E-state index contributed by atoms with van der Waals surface area (Å²) in [7, 11) is 0. The van der Waals surface area contributed by atoms with Gasteiger partial charge in [0.1, 0.15) is 27.2 Å². The molecule has 0 saturated carbocycles. The van der Waals surface area contributed by atoms with Gasteiger partial charge >= 0.3 is 5.97 Å². The van der Waals surface area contributed by atoms with Gasteiger partial charge in [0.25, 0.3) is 0 Å². The van der Waals surface area contributed by atoms with Crippen molar-refractivity contribution in [1.29, 1.82) is 0 Å². The van der Waals surface area contributed by atoms with Crippen molar-refractivity contribution in [3.63, 3.8) is 0 Å². The van der Waals surface area contributed by atoms with Gasteiger partial charge in [0.05, 0.1) is 6.42 Å². The van der Waals surface area contributed by atoms with Crippen LogP contribution >= 0.6 is 0 Å². The van der Waals surface area contributed by atoms with Crippen molar-refractivity contribution in [3.8, 4) is 0 Å². The molecular weight excluding hydrogens is 598 g/mol. The Morgan fingerprint density at radius 1 is 0.783 bits per heavy atom. The summed E-state index contributed by atoms with van der Waals surface area (Å²) in [6, 6.07) is 0.304. The van der Waals surface area contributed by atoms with Gasteiger partial charge in [-0.05, 0) is 71.3 Å². The Morgan fingerprint density at radius 2 is 1.28 bits per heavy atom. The van der Waals surface area contributed by atoms with Crippen molar-refractivity contribution in [1.82, 2.24) is 15.7 Å². The molecule has 3 atom stereocenters. The average molecular weight is 668 g/mol. The molecule has 6 N–H and O–H groups in total. The molecule has 276 valence electrons. The van der Waals surface area contributed by atoms with Gasteiger partial charge in [0, 0.05) is 62.7 Å². The predicted molar refractivity (Wildman–Crippen MR) is 184 cm³/mol. The molecule has 0 saturated heterocycles. The minimum Gasteiger partial charge on any atom is -0.396 e. The Morgan fingerprint density at radius 3 is 1.65 bits per heavy atom. The quantitative estimate of drug-likeness (QED) is 0.0868. The lowest BCUT2D eigenvalue weighted by Gasteiger charge is -2.43. The molecule has 0 aromatic rings. The second-order valence-electron chi connectivity index (χ2n) is 12.0. The highest BCUT2D eigenvalue weighted by molar-refractivity contribution is 5.69. The smallest absolute Gasteiger partial charge is 0.325 e. The fourth-order valence-corrected chi connectivity index (χ4v) is 4.72. The SMILES string of the molecule is C=C(CCO)N(C(C)CCO)C(C)(C)C.C=O.C=O.C=O.C=O.CCCCNOC(=O)CC(CCO)C(NCCCO)C(C)(C)C. The van der Waals surface area contributed by atoms with Crippen LogP contribution in [0.15, 0.2) is 12.3 Å².